The molecule has 2 heterocycles. The van der Waals surface area contributed by atoms with E-state index in [1.165, 1.54) is 12.1 Å². The van der Waals surface area contributed by atoms with Gasteiger partial charge in [-0.1, -0.05) is 0 Å². The molecule has 0 bridgehead atoms. The Hall–Kier alpha value is -2.54. The number of pyridine rings is 1. The first-order chi connectivity index (χ1) is 8.70. The molecule has 92 valence electrons. The van der Waals surface area contributed by atoms with Crippen molar-refractivity contribution in [2.45, 2.75) is 6.92 Å². The normalized spacial score (nSPS) is 9.89. The van der Waals surface area contributed by atoms with E-state index < -0.39 is 5.91 Å². The smallest absolute Gasteiger partial charge is 0.285 e. The average molecular weight is 245 g/mol. The molecule has 7 nitrogen and oxygen atoms in total. The van der Waals surface area contributed by atoms with Crippen LogP contribution in [0, 0.1) is 6.92 Å². The van der Waals surface area contributed by atoms with E-state index in [0.717, 1.165) is 5.69 Å². The highest BCUT2D eigenvalue weighted by Crippen LogP contribution is 2.20. The highest BCUT2D eigenvalue weighted by Gasteiger charge is 2.07. The molecule has 3 N–H and O–H groups in total. The molecule has 2 aromatic rings. The molecule has 18 heavy (non-hydrogen) atoms. The minimum atomic E-state index is -0.508. The fourth-order valence-corrected chi connectivity index (χ4v) is 1.26. The number of rotatable bonds is 3. The molecule has 7 heteroatoms. The minimum Gasteiger partial charge on any atom is -0.436 e. The number of hydrogen-bond acceptors (Lipinski definition) is 6. The summed E-state index contributed by atoms with van der Waals surface area (Å²) >= 11 is 0. The fraction of sp³-hybridized carbons (Fsp3) is 0.0909. The van der Waals surface area contributed by atoms with Gasteiger partial charge in [0.2, 0.25) is 5.88 Å². The van der Waals surface area contributed by atoms with Crippen LogP contribution < -0.4 is 16.0 Å². The first-order valence-corrected chi connectivity index (χ1v) is 5.15. The molecule has 0 unspecified atom stereocenters. The lowest BCUT2D eigenvalue weighted by Gasteiger charge is -2.06. The van der Waals surface area contributed by atoms with Crippen molar-refractivity contribution in [3.05, 3.63) is 41.9 Å². The third-order valence-electron chi connectivity index (χ3n) is 2.18. The van der Waals surface area contributed by atoms with Crippen molar-refractivity contribution in [1.29, 1.82) is 0 Å². The monoisotopic (exact) mass is 245 g/mol. The zero-order valence-corrected chi connectivity index (χ0v) is 9.62. The summed E-state index contributed by atoms with van der Waals surface area (Å²) in [5, 5.41) is 7.46. The number of aromatic nitrogens is 3. The molecule has 0 spiro atoms. The molecule has 0 saturated heterocycles. The maximum atomic E-state index is 11.1. The van der Waals surface area contributed by atoms with E-state index in [1.807, 2.05) is 12.3 Å². The quantitative estimate of drug-likeness (QED) is 0.465. The van der Waals surface area contributed by atoms with Gasteiger partial charge in [-0.2, -0.15) is 0 Å². The number of nitrogens with one attached hydrogen (secondary N) is 1. The van der Waals surface area contributed by atoms with Crippen LogP contribution in [0.4, 0.5) is 0 Å². The van der Waals surface area contributed by atoms with E-state index in [0.29, 0.717) is 5.75 Å². The molecule has 0 aliphatic heterocycles. The Morgan fingerprint density at radius 2 is 2.17 bits per heavy atom. The molecule has 2 rings (SSSR count). The summed E-state index contributed by atoms with van der Waals surface area (Å²) in [6.45, 7) is 1.82. The number of nitrogens with zero attached hydrogens (tertiary/aromatic N) is 3. The van der Waals surface area contributed by atoms with Crippen LogP contribution in [0.3, 0.4) is 0 Å². The molecular formula is C11H11N5O2. The largest absolute Gasteiger partial charge is 0.436 e. The molecule has 0 aliphatic rings. The van der Waals surface area contributed by atoms with Gasteiger partial charge in [0.15, 0.2) is 11.4 Å². The Labute approximate surface area is 103 Å². The molecule has 1 amide bonds. The number of hydrazine groups is 1. The van der Waals surface area contributed by atoms with Gasteiger partial charge in [0.1, 0.15) is 0 Å². The maximum absolute atomic E-state index is 11.1. The van der Waals surface area contributed by atoms with Crippen molar-refractivity contribution in [3.63, 3.8) is 0 Å². The van der Waals surface area contributed by atoms with Crippen molar-refractivity contribution in [2.75, 3.05) is 0 Å². The third-order valence-corrected chi connectivity index (χ3v) is 2.18. The van der Waals surface area contributed by atoms with Crippen molar-refractivity contribution in [1.82, 2.24) is 20.6 Å². The summed E-state index contributed by atoms with van der Waals surface area (Å²) < 4.78 is 5.48. The summed E-state index contributed by atoms with van der Waals surface area (Å²) in [4.78, 5) is 15.2. The average Bonchev–Trinajstić information content (AvgIpc) is 2.41. The van der Waals surface area contributed by atoms with E-state index >= 15 is 0 Å². The van der Waals surface area contributed by atoms with Crippen molar-refractivity contribution < 1.29 is 9.53 Å². The van der Waals surface area contributed by atoms with Crippen LogP contribution in [0.15, 0.2) is 30.5 Å². The fourth-order valence-electron chi connectivity index (χ4n) is 1.26. The second kappa shape index (κ2) is 5.19. The van der Waals surface area contributed by atoms with E-state index in [1.54, 1.807) is 18.3 Å². The SMILES string of the molecule is Cc1ncccc1Oc1ccc(C(=O)NN)nn1. The van der Waals surface area contributed by atoms with Gasteiger partial charge in [0.25, 0.3) is 5.91 Å². The molecule has 0 aromatic carbocycles. The second-order valence-electron chi connectivity index (χ2n) is 3.42. The highest BCUT2D eigenvalue weighted by atomic mass is 16.5. The van der Waals surface area contributed by atoms with Gasteiger partial charge >= 0.3 is 0 Å². The van der Waals surface area contributed by atoms with Gasteiger partial charge in [-0.05, 0) is 25.1 Å². The van der Waals surface area contributed by atoms with Crippen LogP contribution in [0.1, 0.15) is 16.2 Å². The number of carbonyl (C=O) groups excluding carboxylic acids is 1. The van der Waals surface area contributed by atoms with Crippen LogP contribution in [-0.4, -0.2) is 21.1 Å². The maximum Gasteiger partial charge on any atom is 0.285 e. The lowest BCUT2D eigenvalue weighted by molar-refractivity contribution is 0.0947. The number of amides is 1. The topological polar surface area (TPSA) is 103 Å². The van der Waals surface area contributed by atoms with Crippen molar-refractivity contribution >= 4 is 5.91 Å². The van der Waals surface area contributed by atoms with Gasteiger partial charge in [-0.3, -0.25) is 15.2 Å². The Balaban J connectivity index is 2.16. The lowest BCUT2D eigenvalue weighted by Crippen LogP contribution is -2.30. The molecule has 0 radical (unpaired) electrons. The van der Waals surface area contributed by atoms with Crippen molar-refractivity contribution in [2.24, 2.45) is 5.84 Å². The predicted molar refractivity (Wildman–Crippen MR) is 62.7 cm³/mol. The third kappa shape index (κ3) is 2.58. The Kier molecular flexibility index (Phi) is 3.44. The molecule has 2 aromatic heterocycles. The van der Waals surface area contributed by atoms with Crippen LogP contribution in [-0.2, 0) is 0 Å². The van der Waals surface area contributed by atoms with Gasteiger partial charge in [0.05, 0.1) is 5.69 Å². The summed E-state index contributed by atoms with van der Waals surface area (Å²) in [5.41, 5.74) is 2.82. The number of ether oxygens (including phenoxy) is 1. The number of carbonyl (C=O) groups is 1. The summed E-state index contributed by atoms with van der Waals surface area (Å²) in [6.07, 6.45) is 1.67. The Morgan fingerprint density at radius 3 is 2.78 bits per heavy atom. The predicted octanol–water partition coefficient (Wildman–Crippen LogP) is 0.576. The number of nitrogen functional groups attached to an aromatic ring is 1. The zero-order chi connectivity index (χ0) is 13.0. The van der Waals surface area contributed by atoms with Crippen LogP contribution in [0.5, 0.6) is 11.6 Å². The van der Waals surface area contributed by atoms with Gasteiger partial charge < -0.3 is 4.74 Å². The number of hydrogen-bond donors (Lipinski definition) is 2. The summed E-state index contributed by atoms with van der Waals surface area (Å²) in [6, 6.07) is 6.52. The van der Waals surface area contributed by atoms with Gasteiger partial charge in [-0.25, -0.2) is 5.84 Å². The van der Waals surface area contributed by atoms with Crippen LogP contribution in [0.2, 0.25) is 0 Å². The molecule has 0 saturated carbocycles. The summed E-state index contributed by atoms with van der Waals surface area (Å²) in [7, 11) is 0. The van der Waals surface area contributed by atoms with Crippen LogP contribution >= 0.6 is 0 Å². The first kappa shape index (κ1) is 11.9. The van der Waals surface area contributed by atoms with E-state index in [9.17, 15) is 4.79 Å². The van der Waals surface area contributed by atoms with Crippen molar-refractivity contribution in [3.8, 4) is 11.6 Å². The number of nitrogens with two attached hydrogens (primary N) is 1. The van der Waals surface area contributed by atoms with E-state index in [4.69, 9.17) is 10.6 Å². The molecular weight excluding hydrogens is 234 g/mol. The zero-order valence-electron chi connectivity index (χ0n) is 9.62. The highest BCUT2D eigenvalue weighted by molar-refractivity contribution is 5.91. The Bertz CT molecular complexity index is 556. The van der Waals surface area contributed by atoms with Gasteiger partial charge in [-0.15, -0.1) is 10.2 Å². The standard InChI is InChI=1S/C11H11N5O2/c1-7-9(3-2-6-13-7)18-10-5-4-8(15-16-10)11(17)14-12/h2-6H,12H2,1H3,(H,14,17). The first-order valence-electron chi connectivity index (χ1n) is 5.15. The number of aryl methyl sites for hydroxylation is 1. The summed E-state index contributed by atoms with van der Waals surface area (Å²) in [5.74, 6) is 5.33. The van der Waals surface area contributed by atoms with E-state index in [-0.39, 0.29) is 11.6 Å². The second-order valence-corrected chi connectivity index (χ2v) is 3.42. The lowest BCUT2D eigenvalue weighted by atomic mass is 10.3. The van der Waals surface area contributed by atoms with E-state index in [2.05, 4.69) is 15.2 Å². The Morgan fingerprint density at radius 1 is 1.33 bits per heavy atom. The van der Waals surface area contributed by atoms with Gasteiger partial charge in [0, 0.05) is 12.3 Å². The molecule has 0 aliphatic carbocycles. The van der Waals surface area contributed by atoms with Crippen LogP contribution in [0.25, 0.3) is 0 Å². The molecule has 0 fully saturated rings. The minimum absolute atomic E-state index is 0.118. The molecule has 0 atom stereocenters.